The molecule has 1 amide bonds. The number of amides is 1. The van der Waals surface area contributed by atoms with E-state index in [9.17, 15) is 4.79 Å². The van der Waals surface area contributed by atoms with Gasteiger partial charge in [-0.2, -0.15) is 0 Å². The maximum Gasteiger partial charge on any atom is 0.263 e. The van der Waals surface area contributed by atoms with Gasteiger partial charge in [0.15, 0.2) is 0 Å². The third-order valence-electron chi connectivity index (χ3n) is 2.90. The van der Waals surface area contributed by atoms with Crippen molar-refractivity contribution in [1.82, 2.24) is 9.80 Å². The van der Waals surface area contributed by atoms with E-state index in [1.807, 2.05) is 24.6 Å². The summed E-state index contributed by atoms with van der Waals surface area (Å²) in [5.74, 6) is 0.0804. The van der Waals surface area contributed by atoms with Crippen molar-refractivity contribution < 1.29 is 9.53 Å². The van der Waals surface area contributed by atoms with Crippen LogP contribution in [0.25, 0.3) is 0 Å². The second-order valence-electron chi connectivity index (χ2n) is 4.42. The number of nitrogens with zero attached hydrogens (tertiary/aromatic N) is 2. The highest BCUT2D eigenvalue weighted by Gasteiger charge is 2.22. The Balaban J connectivity index is 1.88. The number of carbonyl (C=O) groups is 1. The fourth-order valence-electron chi connectivity index (χ4n) is 1.95. The molecule has 0 spiro atoms. The van der Waals surface area contributed by atoms with Gasteiger partial charge in [-0.15, -0.1) is 11.3 Å². The fourth-order valence-corrected chi connectivity index (χ4v) is 2.67. The van der Waals surface area contributed by atoms with Crippen LogP contribution in [-0.2, 0) is 4.74 Å². The highest BCUT2D eigenvalue weighted by Crippen LogP contribution is 2.12. The lowest BCUT2D eigenvalue weighted by Crippen LogP contribution is -2.46. The van der Waals surface area contributed by atoms with E-state index in [4.69, 9.17) is 4.74 Å². The van der Waals surface area contributed by atoms with Crippen molar-refractivity contribution in [1.29, 1.82) is 0 Å². The summed E-state index contributed by atoms with van der Waals surface area (Å²) in [4.78, 5) is 16.8. The average Bonchev–Trinajstić information content (AvgIpc) is 2.81. The summed E-state index contributed by atoms with van der Waals surface area (Å²) in [7, 11) is 3.91. The Bertz CT molecular complexity index is 367. The molecule has 0 aromatic carbocycles. The summed E-state index contributed by atoms with van der Waals surface area (Å²) in [6.45, 7) is 3.27. The molecule has 4 nitrogen and oxygen atoms in total. The zero-order valence-electron chi connectivity index (χ0n) is 10.3. The first-order chi connectivity index (χ1) is 8.16. The van der Waals surface area contributed by atoms with E-state index in [1.165, 1.54) is 11.3 Å². The van der Waals surface area contributed by atoms with Gasteiger partial charge in [-0.25, -0.2) is 0 Å². The highest BCUT2D eigenvalue weighted by atomic mass is 32.1. The molecule has 17 heavy (non-hydrogen) atoms. The van der Waals surface area contributed by atoms with Crippen LogP contribution in [0, 0.1) is 0 Å². The lowest BCUT2D eigenvalue weighted by Gasteiger charge is -2.32. The van der Waals surface area contributed by atoms with Gasteiger partial charge >= 0.3 is 0 Å². The van der Waals surface area contributed by atoms with E-state index in [-0.39, 0.29) is 12.0 Å². The molecular weight excluding hydrogens is 236 g/mol. The number of ether oxygens (including phenoxy) is 1. The van der Waals surface area contributed by atoms with Crippen LogP contribution in [-0.4, -0.2) is 62.1 Å². The molecule has 1 aliphatic rings. The van der Waals surface area contributed by atoms with E-state index in [0.29, 0.717) is 6.54 Å². The normalized spacial score (nSPS) is 21.4. The van der Waals surface area contributed by atoms with Gasteiger partial charge in [-0.3, -0.25) is 4.79 Å². The van der Waals surface area contributed by atoms with Gasteiger partial charge in [0.05, 0.1) is 17.6 Å². The highest BCUT2D eigenvalue weighted by molar-refractivity contribution is 7.12. The minimum Gasteiger partial charge on any atom is -0.374 e. The van der Waals surface area contributed by atoms with Gasteiger partial charge in [0, 0.05) is 26.7 Å². The summed E-state index contributed by atoms with van der Waals surface area (Å²) in [6, 6.07) is 3.76. The van der Waals surface area contributed by atoms with Crippen molar-refractivity contribution in [2.24, 2.45) is 0 Å². The molecule has 1 aromatic heterocycles. The van der Waals surface area contributed by atoms with E-state index >= 15 is 0 Å². The van der Waals surface area contributed by atoms with E-state index in [1.54, 1.807) is 4.90 Å². The van der Waals surface area contributed by atoms with E-state index < -0.39 is 0 Å². The number of morpholine rings is 1. The Morgan fingerprint density at radius 3 is 3.18 bits per heavy atom. The van der Waals surface area contributed by atoms with Crippen molar-refractivity contribution in [3.8, 4) is 0 Å². The molecule has 1 unspecified atom stereocenters. The third kappa shape index (κ3) is 3.28. The summed E-state index contributed by atoms with van der Waals surface area (Å²) in [6.07, 6.45) is 0.127. The van der Waals surface area contributed by atoms with Crippen LogP contribution in [0.2, 0.25) is 0 Å². The number of carbonyl (C=O) groups excluding carboxylic acids is 1. The fraction of sp³-hybridized carbons (Fsp3) is 0.583. The SMILES string of the molecule is CN1CCOC(CN(C)C(=O)c2cccs2)C1. The molecule has 5 heteroatoms. The van der Waals surface area contributed by atoms with E-state index in [2.05, 4.69) is 11.9 Å². The van der Waals surface area contributed by atoms with Gasteiger partial charge in [0.2, 0.25) is 0 Å². The Kier molecular flexibility index (Phi) is 4.15. The predicted molar refractivity (Wildman–Crippen MR) is 68.5 cm³/mol. The van der Waals surface area contributed by atoms with Crippen molar-refractivity contribution in [3.05, 3.63) is 22.4 Å². The van der Waals surface area contributed by atoms with Crippen molar-refractivity contribution >= 4 is 17.2 Å². The lowest BCUT2D eigenvalue weighted by molar-refractivity contribution is -0.0300. The molecule has 2 rings (SSSR count). The maximum absolute atomic E-state index is 12.0. The van der Waals surface area contributed by atoms with Crippen molar-refractivity contribution in [3.63, 3.8) is 0 Å². The molecule has 0 saturated carbocycles. The number of likely N-dealkylation sites (N-methyl/N-ethyl adjacent to an activating group) is 2. The predicted octanol–water partition coefficient (Wildman–Crippen LogP) is 1.15. The molecule has 1 aliphatic heterocycles. The minimum absolute atomic E-state index is 0.0804. The first-order valence-electron chi connectivity index (χ1n) is 5.76. The van der Waals surface area contributed by atoms with Crippen LogP contribution in [0.4, 0.5) is 0 Å². The molecule has 1 atom stereocenters. The van der Waals surface area contributed by atoms with Crippen LogP contribution < -0.4 is 0 Å². The molecule has 94 valence electrons. The number of rotatable bonds is 3. The van der Waals surface area contributed by atoms with E-state index in [0.717, 1.165) is 24.6 Å². The first kappa shape index (κ1) is 12.5. The standard InChI is InChI=1S/C12H18N2O2S/c1-13-5-6-16-10(8-13)9-14(2)12(15)11-4-3-7-17-11/h3-4,7,10H,5-6,8-9H2,1-2H3. The number of hydrogen-bond donors (Lipinski definition) is 0. The Morgan fingerprint density at radius 2 is 2.53 bits per heavy atom. The van der Waals surface area contributed by atoms with Crippen molar-refractivity contribution in [2.75, 3.05) is 40.3 Å². The minimum atomic E-state index is 0.0804. The van der Waals surface area contributed by atoms with Crippen molar-refractivity contribution in [2.45, 2.75) is 6.10 Å². The third-order valence-corrected chi connectivity index (χ3v) is 3.76. The van der Waals surface area contributed by atoms with Gasteiger partial charge in [0.25, 0.3) is 5.91 Å². The molecule has 0 aliphatic carbocycles. The Hall–Kier alpha value is -0.910. The van der Waals surface area contributed by atoms with Gasteiger partial charge < -0.3 is 14.5 Å². The van der Waals surface area contributed by atoms with Gasteiger partial charge in [-0.05, 0) is 18.5 Å². The molecule has 1 aromatic rings. The van der Waals surface area contributed by atoms with Gasteiger partial charge in [-0.1, -0.05) is 6.07 Å². The van der Waals surface area contributed by atoms with Crippen LogP contribution in [0.3, 0.4) is 0 Å². The van der Waals surface area contributed by atoms with Crippen LogP contribution in [0.15, 0.2) is 17.5 Å². The largest absolute Gasteiger partial charge is 0.374 e. The summed E-state index contributed by atoms with van der Waals surface area (Å²) in [5.41, 5.74) is 0. The smallest absolute Gasteiger partial charge is 0.263 e. The molecule has 0 bridgehead atoms. The van der Waals surface area contributed by atoms with Crippen LogP contribution >= 0.6 is 11.3 Å². The second kappa shape index (κ2) is 5.62. The van der Waals surface area contributed by atoms with Crippen LogP contribution in [0.5, 0.6) is 0 Å². The topological polar surface area (TPSA) is 32.8 Å². The first-order valence-corrected chi connectivity index (χ1v) is 6.64. The average molecular weight is 254 g/mol. The summed E-state index contributed by atoms with van der Waals surface area (Å²) >= 11 is 1.48. The molecule has 2 heterocycles. The number of thiophene rings is 1. The Morgan fingerprint density at radius 1 is 1.71 bits per heavy atom. The molecular formula is C12H18N2O2S. The zero-order valence-corrected chi connectivity index (χ0v) is 11.1. The number of hydrogen-bond acceptors (Lipinski definition) is 4. The monoisotopic (exact) mass is 254 g/mol. The molecule has 0 N–H and O–H groups in total. The Labute approximate surface area is 106 Å². The quantitative estimate of drug-likeness (QED) is 0.811. The summed E-state index contributed by atoms with van der Waals surface area (Å²) < 4.78 is 5.65. The van der Waals surface area contributed by atoms with Crippen LogP contribution in [0.1, 0.15) is 9.67 Å². The molecule has 0 radical (unpaired) electrons. The second-order valence-corrected chi connectivity index (χ2v) is 5.37. The maximum atomic E-state index is 12.0. The van der Waals surface area contributed by atoms with Gasteiger partial charge in [0.1, 0.15) is 0 Å². The molecule has 1 saturated heterocycles. The zero-order chi connectivity index (χ0) is 12.3. The lowest BCUT2D eigenvalue weighted by atomic mass is 10.2. The summed E-state index contributed by atoms with van der Waals surface area (Å²) in [5, 5.41) is 1.92. The molecule has 1 fully saturated rings.